The van der Waals surface area contributed by atoms with Crippen LogP contribution in [0.2, 0.25) is 0 Å². The number of thioether (sulfide) groups is 1. The van der Waals surface area contributed by atoms with Gasteiger partial charge < -0.3 is 5.32 Å². The van der Waals surface area contributed by atoms with Gasteiger partial charge in [-0.2, -0.15) is 0 Å². The van der Waals surface area contributed by atoms with E-state index in [9.17, 15) is 4.79 Å². The van der Waals surface area contributed by atoms with Crippen molar-refractivity contribution in [3.8, 4) is 0 Å². The topological polar surface area (TPSA) is 72.2 Å². The lowest BCUT2D eigenvalue weighted by atomic mass is 9.89. The van der Waals surface area contributed by atoms with Crippen LogP contribution >= 0.6 is 23.1 Å². The van der Waals surface area contributed by atoms with Gasteiger partial charge in [0.05, 0.1) is 11.1 Å². The van der Waals surface area contributed by atoms with E-state index < -0.39 is 0 Å². The Morgan fingerprint density at radius 3 is 2.97 bits per heavy atom. The minimum absolute atomic E-state index is 0.00581. The number of benzene rings is 1. The number of nitrogens with zero attached hydrogens (tertiary/aromatic N) is 4. The number of hydrogen-bond acceptors (Lipinski definition) is 6. The maximum Gasteiger partial charge on any atom is 0.230 e. The van der Waals surface area contributed by atoms with Gasteiger partial charge in [-0.3, -0.25) is 9.20 Å². The number of aryl methyl sites for hydroxylation is 2. The van der Waals surface area contributed by atoms with Gasteiger partial charge in [0.1, 0.15) is 10.7 Å². The second-order valence-electron chi connectivity index (χ2n) is 8.21. The molecule has 0 fully saturated rings. The second-order valence-corrected chi connectivity index (χ2v) is 10.2. The summed E-state index contributed by atoms with van der Waals surface area (Å²) in [5.41, 5.74) is 3.50. The number of fused-ring (bicyclic) bond motifs is 5. The number of amides is 1. The van der Waals surface area contributed by atoms with Gasteiger partial charge in [0, 0.05) is 11.4 Å². The lowest BCUT2D eigenvalue weighted by molar-refractivity contribution is -0.118. The van der Waals surface area contributed by atoms with Gasteiger partial charge in [-0.05, 0) is 49.7 Å². The Morgan fingerprint density at radius 1 is 1.29 bits per heavy atom. The molecule has 31 heavy (non-hydrogen) atoms. The summed E-state index contributed by atoms with van der Waals surface area (Å²) < 4.78 is 2.01. The number of rotatable bonds is 6. The maximum absolute atomic E-state index is 12.3. The molecule has 0 radical (unpaired) electrons. The van der Waals surface area contributed by atoms with Gasteiger partial charge in [-0.1, -0.05) is 49.0 Å². The Bertz CT molecular complexity index is 1250. The van der Waals surface area contributed by atoms with Crippen LogP contribution in [0.25, 0.3) is 15.9 Å². The smallest absolute Gasteiger partial charge is 0.230 e. The summed E-state index contributed by atoms with van der Waals surface area (Å²) >= 11 is 3.22. The fourth-order valence-corrected chi connectivity index (χ4v) is 6.46. The van der Waals surface area contributed by atoms with Crippen LogP contribution in [0, 0.1) is 12.8 Å². The molecule has 1 aliphatic rings. The Kier molecular flexibility index (Phi) is 5.67. The summed E-state index contributed by atoms with van der Waals surface area (Å²) in [7, 11) is 0. The first-order valence-electron chi connectivity index (χ1n) is 10.7. The molecule has 0 unspecified atom stereocenters. The lowest BCUT2D eigenvalue weighted by Gasteiger charge is -2.17. The number of hydrogen-bond donors (Lipinski definition) is 1. The molecular weight excluding hydrogens is 426 g/mol. The third-order valence-electron chi connectivity index (χ3n) is 5.85. The van der Waals surface area contributed by atoms with Crippen LogP contribution in [0.4, 0.5) is 0 Å². The molecule has 0 saturated carbocycles. The molecule has 0 aliphatic heterocycles. The minimum Gasteiger partial charge on any atom is -0.355 e. The van der Waals surface area contributed by atoms with Crippen molar-refractivity contribution < 1.29 is 4.79 Å². The van der Waals surface area contributed by atoms with Gasteiger partial charge >= 0.3 is 0 Å². The molecular formula is C23H25N5OS2. The van der Waals surface area contributed by atoms with Crippen LogP contribution in [-0.4, -0.2) is 37.8 Å². The molecule has 0 saturated heterocycles. The molecule has 3 aromatic heterocycles. The first kappa shape index (κ1) is 20.5. The maximum atomic E-state index is 12.3. The molecule has 8 heteroatoms. The number of carbonyl (C=O) groups is 1. The largest absolute Gasteiger partial charge is 0.355 e. The van der Waals surface area contributed by atoms with Crippen molar-refractivity contribution in [2.75, 3.05) is 12.3 Å². The predicted octanol–water partition coefficient (Wildman–Crippen LogP) is 4.22. The zero-order valence-corrected chi connectivity index (χ0v) is 19.4. The van der Waals surface area contributed by atoms with Crippen molar-refractivity contribution in [2.24, 2.45) is 5.92 Å². The highest BCUT2D eigenvalue weighted by Crippen LogP contribution is 2.39. The first-order valence-corrected chi connectivity index (χ1v) is 12.5. The number of nitrogens with one attached hydrogen (secondary N) is 1. The molecule has 3 heterocycles. The average molecular weight is 452 g/mol. The van der Waals surface area contributed by atoms with Gasteiger partial charge in [-0.15, -0.1) is 21.5 Å². The van der Waals surface area contributed by atoms with Crippen molar-refractivity contribution in [1.29, 1.82) is 0 Å². The molecule has 6 nitrogen and oxygen atoms in total. The van der Waals surface area contributed by atoms with Crippen molar-refractivity contribution in [2.45, 2.75) is 44.7 Å². The average Bonchev–Trinajstić information content (AvgIpc) is 3.34. The molecule has 1 N–H and O–H groups in total. The van der Waals surface area contributed by atoms with Crippen LogP contribution in [0.1, 0.15) is 35.2 Å². The van der Waals surface area contributed by atoms with Gasteiger partial charge in [-0.25, -0.2) is 4.98 Å². The van der Waals surface area contributed by atoms with Crippen LogP contribution in [0.5, 0.6) is 0 Å². The SMILES string of the molecule is Cc1nc2sc3c(c2c2nnc(SCC(=O)NCCc4ccccc4)n12)CC[C@H](C)C3. The van der Waals surface area contributed by atoms with E-state index in [2.05, 4.69) is 34.6 Å². The monoisotopic (exact) mass is 451 g/mol. The first-order chi connectivity index (χ1) is 15.1. The molecule has 0 bridgehead atoms. The molecule has 1 aliphatic carbocycles. The highest BCUT2D eigenvalue weighted by atomic mass is 32.2. The van der Waals surface area contributed by atoms with Gasteiger partial charge in [0.2, 0.25) is 5.91 Å². The van der Waals surface area contributed by atoms with Crippen LogP contribution in [-0.2, 0) is 24.1 Å². The summed E-state index contributed by atoms with van der Waals surface area (Å²) in [6, 6.07) is 10.2. The van der Waals surface area contributed by atoms with E-state index in [1.165, 1.54) is 34.2 Å². The van der Waals surface area contributed by atoms with Crippen molar-refractivity contribution in [3.63, 3.8) is 0 Å². The standard InChI is InChI=1S/C23H25N5OS2/c1-14-8-9-17-18(12-14)31-22-20(17)21-26-27-23(28(21)15(2)25-22)30-13-19(29)24-11-10-16-6-4-3-5-7-16/h3-7,14H,8-13H2,1-2H3,(H,24,29)/t14-/m0/s1. The molecule has 1 aromatic carbocycles. The Labute approximate surface area is 189 Å². The predicted molar refractivity (Wildman–Crippen MR) is 126 cm³/mol. The zero-order chi connectivity index (χ0) is 21.4. The Morgan fingerprint density at radius 2 is 2.13 bits per heavy atom. The quantitative estimate of drug-likeness (QED) is 0.444. The second kappa shape index (κ2) is 8.59. The number of thiophene rings is 1. The molecule has 160 valence electrons. The van der Waals surface area contributed by atoms with Crippen molar-refractivity contribution in [3.05, 3.63) is 52.2 Å². The fourth-order valence-electron chi connectivity index (χ4n) is 4.23. The number of carbonyl (C=O) groups excluding carboxylic acids is 1. The summed E-state index contributed by atoms with van der Waals surface area (Å²) in [5, 5.41) is 13.8. The highest BCUT2D eigenvalue weighted by molar-refractivity contribution is 7.99. The van der Waals surface area contributed by atoms with Gasteiger partial charge in [0.15, 0.2) is 10.8 Å². The fraction of sp³-hybridized carbons (Fsp3) is 0.391. The van der Waals surface area contributed by atoms with E-state index >= 15 is 0 Å². The van der Waals surface area contributed by atoms with Crippen molar-refractivity contribution >= 4 is 44.9 Å². The van der Waals surface area contributed by atoms with E-state index in [0.717, 1.165) is 52.0 Å². The lowest BCUT2D eigenvalue weighted by Crippen LogP contribution is -2.27. The van der Waals surface area contributed by atoms with E-state index in [4.69, 9.17) is 4.98 Å². The third-order valence-corrected chi connectivity index (χ3v) is 7.93. The summed E-state index contributed by atoms with van der Waals surface area (Å²) in [5.74, 6) is 1.91. The Balaban J connectivity index is 1.31. The highest BCUT2D eigenvalue weighted by Gasteiger charge is 2.25. The molecule has 5 rings (SSSR count). The van der Waals surface area contributed by atoms with Gasteiger partial charge in [0.25, 0.3) is 0 Å². The van der Waals surface area contributed by atoms with E-state index in [-0.39, 0.29) is 5.91 Å². The summed E-state index contributed by atoms with van der Waals surface area (Å²) in [6.45, 7) is 4.93. The van der Waals surface area contributed by atoms with Crippen LogP contribution in [0.15, 0.2) is 35.5 Å². The zero-order valence-electron chi connectivity index (χ0n) is 17.7. The summed E-state index contributed by atoms with van der Waals surface area (Å²) in [6.07, 6.45) is 4.24. The van der Waals surface area contributed by atoms with Crippen molar-refractivity contribution in [1.82, 2.24) is 24.9 Å². The third kappa shape index (κ3) is 4.06. The Hall–Kier alpha value is -2.45. The minimum atomic E-state index is 0.00581. The normalized spacial score (nSPS) is 16.0. The molecule has 0 spiro atoms. The molecule has 4 aromatic rings. The van der Waals surface area contributed by atoms with E-state index in [0.29, 0.717) is 12.3 Å². The van der Waals surface area contributed by atoms with E-state index in [1.54, 1.807) is 11.3 Å². The number of aromatic nitrogens is 4. The summed E-state index contributed by atoms with van der Waals surface area (Å²) in [4.78, 5) is 19.7. The van der Waals surface area contributed by atoms with Crippen LogP contribution in [0.3, 0.4) is 0 Å². The molecule has 1 atom stereocenters. The van der Waals surface area contributed by atoms with E-state index in [1.807, 2.05) is 29.5 Å². The van der Waals surface area contributed by atoms with Crippen LogP contribution < -0.4 is 5.32 Å². The molecule has 1 amide bonds.